The van der Waals surface area contributed by atoms with Crippen molar-refractivity contribution in [1.29, 1.82) is 0 Å². The van der Waals surface area contributed by atoms with E-state index in [-0.39, 0.29) is 22.6 Å². The van der Waals surface area contributed by atoms with Crippen molar-refractivity contribution in [3.63, 3.8) is 0 Å². The summed E-state index contributed by atoms with van der Waals surface area (Å²) in [6.45, 7) is 2.26. The number of rotatable bonds is 7. The summed E-state index contributed by atoms with van der Waals surface area (Å²) < 4.78 is 32.1. The molecule has 0 spiro atoms. The number of amides is 1. The Kier molecular flexibility index (Phi) is 7.21. The quantitative estimate of drug-likeness (QED) is 0.119. The van der Waals surface area contributed by atoms with Crippen LogP contribution in [0.4, 0.5) is 9.52 Å². The van der Waals surface area contributed by atoms with Gasteiger partial charge in [-0.15, -0.1) is 0 Å². The third-order valence-electron chi connectivity index (χ3n) is 7.90. The maximum absolute atomic E-state index is 14.0. The molecule has 2 aliphatic rings. The molecular formula is C35H27FN2O6S. The average Bonchev–Trinajstić information content (AvgIpc) is 3.71. The number of hydrogen-bond acceptors (Lipinski definition) is 8. The predicted octanol–water partition coefficient (Wildman–Crippen LogP) is 6.97. The highest BCUT2D eigenvalue weighted by molar-refractivity contribution is 7.22. The van der Waals surface area contributed by atoms with Crippen LogP contribution in [-0.2, 0) is 22.6 Å². The molecule has 2 atom stereocenters. The number of Topliss-reactive ketones (excluding diaryl/α,β-unsaturated/α-hetero) is 1. The van der Waals surface area contributed by atoms with Crippen LogP contribution < -0.4 is 19.1 Å². The van der Waals surface area contributed by atoms with Crippen LogP contribution in [0.15, 0.2) is 90.5 Å². The Morgan fingerprint density at radius 2 is 1.87 bits per heavy atom. The highest BCUT2D eigenvalue weighted by Crippen LogP contribution is 2.46. The minimum atomic E-state index is -1.06. The van der Waals surface area contributed by atoms with Gasteiger partial charge in [0.15, 0.2) is 16.6 Å². The number of carbonyl (C=O) groups is 2. The van der Waals surface area contributed by atoms with Crippen LogP contribution in [-0.4, -0.2) is 35.0 Å². The Balaban J connectivity index is 1.35. The monoisotopic (exact) mass is 622 g/mol. The van der Waals surface area contributed by atoms with Gasteiger partial charge in [0.2, 0.25) is 0 Å². The number of benzene rings is 4. The summed E-state index contributed by atoms with van der Waals surface area (Å²) in [6, 6.07) is 23.1. The first kappa shape index (κ1) is 28.5. The number of hydrogen-bond donors (Lipinski definition) is 1. The largest absolute Gasteiger partial charge is 0.507 e. The second-order valence-electron chi connectivity index (χ2n) is 10.9. The van der Waals surface area contributed by atoms with Gasteiger partial charge < -0.3 is 19.3 Å². The summed E-state index contributed by atoms with van der Waals surface area (Å²) in [6.07, 6.45) is 0.639. The molecule has 1 aromatic heterocycles. The lowest BCUT2D eigenvalue weighted by Gasteiger charge is -2.24. The van der Waals surface area contributed by atoms with E-state index in [2.05, 4.69) is 4.98 Å². The highest BCUT2D eigenvalue weighted by atomic mass is 32.1. The predicted molar refractivity (Wildman–Crippen MR) is 168 cm³/mol. The zero-order valence-corrected chi connectivity index (χ0v) is 25.1. The third kappa shape index (κ3) is 5.17. The van der Waals surface area contributed by atoms with E-state index in [9.17, 15) is 19.1 Å². The zero-order chi connectivity index (χ0) is 31.2. The Labute approximate surface area is 261 Å². The van der Waals surface area contributed by atoms with Crippen molar-refractivity contribution >= 4 is 44.1 Å². The molecule has 1 N–H and O–H groups in total. The van der Waals surface area contributed by atoms with Crippen LogP contribution >= 0.6 is 11.3 Å². The maximum atomic E-state index is 14.0. The molecule has 10 heteroatoms. The molecule has 2 aliphatic heterocycles. The second kappa shape index (κ2) is 11.4. The molecule has 0 bridgehead atoms. The minimum Gasteiger partial charge on any atom is -0.507 e. The van der Waals surface area contributed by atoms with E-state index in [1.165, 1.54) is 30.2 Å². The van der Waals surface area contributed by atoms with Gasteiger partial charge in [0, 0.05) is 12.0 Å². The normalized spacial score (nSPS) is 18.7. The molecule has 45 heavy (non-hydrogen) atoms. The van der Waals surface area contributed by atoms with Crippen LogP contribution in [0.3, 0.4) is 0 Å². The molecule has 7 rings (SSSR count). The average molecular weight is 623 g/mol. The molecule has 3 heterocycles. The van der Waals surface area contributed by atoms with E-state index in [0.29, 0.717) is 51.6 Å². The molecule has 0 saturated carbocycles. The smallest absolute Gasteiger partial charge is 0.301 e. The molecule has 5 aromatic rings. The third-order valence-corrected chi connectivity index (χ3v) is 8.92. The molecule has 8 nitrogen and oxygen atoms in total. The number of carbonyl (C=O) groups excluding carboxylic acids is 2. The van der Waals surface area contributed by atoms with Gasteiger partial charge in [-0.3, -0.25) is 14.5 Å². The van der Waals surface area contributed by atoms with Gasteiger partial charge in [-0.2, -0.15) is 0 Å². The summed E-state index contributed by atoms with van der Waals surface area (Å²) in [5, 5.41) is 11.9. The lowest BCUT2D eigenvalue weighted by atomic mass is 9.94. The summed E-state index contributed by atoms with van der Waals surface area (Å²) >= 11 is 1.08. The molecule has 1 fully saturated rings. The number of ether oxygens (including phenoxy) is 3. The number of aliphatic hydroxyl groups is 1. The topological polar surface area (TPSA) is 98.2 Å². The van der Waals surface area contributed by atoms with E-state index < -0.39 is 23.5 Å². The van der Waals surface area contributed by atoms with Gasteiger partial charge in [-0.1, -0.05) is 47.7 Å². The number of aromatic nitrogens is 1. The number of methoxy groups -OCH3 is 1. The van der Waals surface area contributed by atoms with Crippen molar-refractivity contribution in [1.82, 2.24) is 4.98 Å². The van der Waals surface area contributed by atoms with E-state index in [1.807, 2.05) is 37.3 Å². The van der Waals surface area contributed by atoms with Crippen LogP contribution in [0, 0.1) is 5.82 Å². The fraction of sp³-hybridized carbons (Fsp3) is 0.171. The van der Waals surface area contributed by atoms with Crippen molar-refractivity contribution in [2.24, 2.45) is 0 Å². The molecule has 226 valence electrons. The highest BCUT2D eigenvalue weighted by Gasteiger charge is 2.48. The number of nitrogens with zero attached hydrogens (tertiary/aromatic N) is 2. The van der Waals surface area contributed by atoms with Gasteiger partial charge in [-0.05, 0) is 72.1 Å². The number of anilines is 1. The molecule has 0 unspecified atom stereocenters. The fourth-order valence-corrected chi connectivity index (χ4v) is 6.79. The molecule has 4 aromatic carbocycles. The summed E-state index contributed by atoms with van der Waals surface area (Å²) in [4.78, 5) is 33.3. The molecule has 0 radical (unpaired) electrons. The first-order valence-electron chi connectivity index (χ1n) is 14.3. The van der Waals surface area contributed by atoms with Crippen LogP contribution in [0.1, 0.15) is 35.2 Å². The van der Waals surface area contributed by atoms with Gasteiger partial charge in [0.1, 0.15) is 30.0 Å². The van der Waals surface area contributed by atoms with Crippen molar-refractivity contribution in [3.8, 4) is 17.2 Å². The van der Waals surface area contributed by atoms with Crippen molar-refractivity contribution < 1.29 is 33.3 Å². The Morgan fingerprint density at radius 1 is 1.04 bits per heavy atom. The maximum Gasteiger partial charge on any atom is 0.301 e. The number of aliphatic hydroxyl groups excluding tert-OH is 1. The molecule has 0 aliphatic carbocycles. The van der Waals surface area contributed by atoms with E-state index >= 15 is 0 Å². The lowest BCUT2D eigenvalue weighted by molar-refractivity contribution is -0.132. The van der Waals surface area contributed by atoms with Gasteiger partial charge in [-0.25, -0.2) is 9.37 Å². The van der Waals surface area contributed by atoms with Gasteiger partial charge in [0.05, 0.1) is 28.9 Å². The lowest BCUT2D eigenvalue weighted by Crippen LogP contribution is -2.29. The number of halogens is 1. The van der Waals surface area contributed by atoms with Crippen molar-refractivity contribution in [3.05, 3.63) is 119 Å². The Hall–Kier alpha value is -5.22. The Morgan fingerprint density at radius 3 is 2.67 bits per heavy atom. The second-order valence-corrected chi connectivity index (χ2v) is 11.9. The van der Waals surface area contributed by atoms with Crippen LogP contribution in [0.5, 0.6) is 17.2 Å². The van der Waals surface area contributed by atoms with Crippen molar-refractivity contribution in [2.75, 3.05) is 12.0 Å². The summed E-state index contributed by atoms with van der Waals surface area (Å²) in [5.41, 5.74) is 3.12. The van der Waals surface area contributed by atoms with Crippen LogP contribution in [0.2, 0.25) is 0 Å². The SMILES string of the molecule is COc1cc([C@@H]2/C(=C(\O)c3ccc4c(c3)C[C@H](C)O4)C(=O)C(=O)N2c2nc3ccc(F)cc3s2)ccc1OCc1ccccc1. The summed E-state index contributed by atoms with van der Waals surface area (Å²) in [5.74, 6) is -0.928. The van der Waals surface area contributed by atoms with Crippen molar-refractivity contribution in [2.45, 2.75) is 32.1 Å². The first-order chi connectivity index (χ1) is 21.8. The molecule has 1 saturated heterocycles. The Bertz CT molecular complexity index is 2010. The van der Waals surface area contributed by atoms with E-state index in [1.54, 1.807) is 36.4 Å². The number of thiazole rings is 1. The minimum absolute atomic E-state index is 0.0121. The van der Waals surface area contributed by atoms with E-state index in [4.69, 9.17) is 14.2 Å². The first-order valence-corrected chi connectivity index (χ1v) is 15.1. The van der Waals surface area contributed by atoms with Crippen LogP contribution in [0.25, 0.3) is 16.0 Å². The fourth-order valence-electron chi connectivity index (χ4n) is 5.77. The standard InChI is InChI=1S/C35H27FN2O6S/c1-19-14-23-15-22(9-12-26(23)44-19)32(39)30-31(21-8-13-27(28(16-21)42-2)43-18-20-6-4-3-5-7-20)38(34(41)33(30)40)35-37-25-11-10-24(36)17-29(25)45-35/h3-13,15-17,19,31,39H,14,18H2,1-2H3/b32-30+/t19-,31+/m0/s1. The van der Waals surface area contributed by atoms with Gasteiger partial charge >= 0.3 is 5.91 Å². The van der Waals surface area contributed by atoms with E-state index in [0.717, 1.165) is 22.5 Å². The number of ketones is 1. The van der Waals surface area contributed by atoms with Gasteiger partial charge in [0.25, 0.3) is 5.78 Å². The molecular weight excluding hydrogens is 595 g/mol. The number of fused-ring (bicyclic) bond motifs is 2. The zero-order valence-electron chi connectivity index (χ0n) is 24.3. The summed E-state index contributed by atoms with van der Waals surface area (Å²) in [7, 11) is 1.50. The molecule has 1 amide bonds.